The van der Waals surface area contributed by atoms with Crippen LogP contribution in [0, 0.1) is 0 Å². The second-order valence-corrected chi connectivity index (χ2v) is 6.05. The Balaban J connectivity index is 1.75. The van der Waals surface area contributed by atoms with Crippen LogP contribution in [0.2, 0.25) is 0 Å². The van der Waals surface area contributed by atoms with Gasteiger partial charge in [0, 0.05) is 24.5 Å². The molecule has 1 saturated heterocycles. The van der Waals surface area contributed by atoms with Gasteiger partial charge in [-0.25, -0.2) is 9.97 Å². The topological polar surface area (TPSA) is 66.9 Å². The van der Waals surface area contributed by atoms with E-state index in [1.807, 2.05) is 38.1 Å². The van der Waals surface area contributed by atoms with Crippen molar-refractivity contribution in [2.45, 2.75) is 26.4 Å². The Morgan fingerprint density at radius 3 is 2.78 bits per heavy atom. The Hall–Kier alpha value is -2.63. The second kappa shape index (κ2) is 5.53. The predicted octanol–water partition coefficient (Wildman–Crippen LogP) is 3.02. The molecule has 6 nitrogen and oxygen atoms in total. The molecule has 6 heteroatoms. The molecule has 4 rings (SSSR count). The number of H-pyrrole nitrogens is 1. The van der Waals surface area contributed by atoms with Crippen molar-refractivity contribution in [3.63, 3.8) is 0 Å². The van der Waals surface area contributed by atoms with Crippen LogP contribution in [0.1, 0.15) is 20.3 Å². The molecule has 0 saturated carbocycles. The summed E-state index contributed by atoms with van der Waals surface area (Å²) in [6, 6.07) is 7.96. The van der Waals surface area contributed by atoms with Crippen molar-refractivity contribution in [3.8, 4) is 17.1 Å². The van der Waals surface area contributed by atoms with Crippen LogP contribution >= 0.6 is 0 Å². The van der Waals surface area contributed by atoms with E-state index in [0.29, 0.717) is 0 Å². The van der Waals surface area contributed by atoms with E-state index in [0.717, 1.165) is 46.9 Å². The molecule has 1 aliphatic heterocycles. The van der Waals surface area contributed by atoms with Crippen molar-refractivity contribution in [2.75, 3.05) is 18.0 Å². The van der Waals surface area contributed by atoms with Crippen molar-refractivity contribution in [3.05, 3.63) is 30.6 Å². The minimum absolute atomic E-state index is 0.139. The summed E-state index contributed by atoms with van der Waals surface area (Å²) in [7, 11) is 0. The summed E-state index contributed by atoms with van der Waals surface area (Å²) in [5, 5.41) is 8.52. The molecule has 1 N–H and O–H groups in total. The van der Waals surface area contributed by atoms with Gasteiger partial charge in [-0.1, -0.05) is 0 Å². The zero-order valence-corrected chi connectivity index (χ0v) is 13.3. The predicted molar refractivity (Wildman–Crippen MR) is 89.7 cm³/mol. The van der Waals surface area contributed by atoms with Crippen molar-refractivity contribution >= 4 is 16.7 Å². The van der Waals surface area contributed by atoms with Crippen molar-refractivity contribution in [1.29, 1.82) is 0 Å². The third-order valence-electron chi connectivity index (χ3n) is 3.98. The van der Waals surface area contributed by atoms with Crippen LogP contribution in [-0.4, -0.2) is 39.4 Å². The molecule has 2 aromatic heterocycles. The largest absolute Gasteiger partial charge is 0.491 e. The highest BCUT2D eigenvalue weighted by molar-refractivity contribution is 5.93. The van der Waals surface area contributed by atoms with Crippen molar-refractivity contribution in [2.24, 2.45) is 0 Å². The molecule has 0 spiro atoms. The lowest BCUT2D eigenvalue weighted by Crippen LogP contribution is -2.37. The third-order valence-corrected chi connectivity index (χ3v) is 3.98. The summed E-state index contributed by atoms with van der Waals surface area (Å²) in [5.41, 5.74) is 2.63. The highest BCUT2D eigenvalue weighted by atomic mass is 16.5. The van der Waals surface area contributed by atoms with Gasteiger partial charge in [0.25, 0.3) is 0 Å². The Kier molecular flexibility index (Phi) is 3.37. The van der Waals surface area contributed by atoms with Crippen LogP contribution in [0.15, 0.2) is 30.6 Å². The molecule has 0 amide bonds. The number of fused-ring (bicyclic) bond motifs is 1. The van der Waals surface area contributed by atoms with Gasteiger partial charge < -0.3 is 9.64 Å². The average molecular weight is 309 g/mol. The van der Waals surface area contributed by atoms with E-state index in [1.54, 1.807) is 6.33 Å². The van der Waals surface area contributed by atoms with Crippen LogP contribution < -0.4 is 9.64 Å². The van der Waals surface area contributed by atoms with E-state index in [2.05, 4.69) is 25.1 Å². The van der Waals surface area contributed by atoms with E-state index in [4.69, 9.17) is 4.74 Å². The van der Waals surface area contributed by atoms with Gasteiger partial charge in [-0.05, 0) is 38.5 Å². The van der Waals surface area contributed by atoms with Crippen LogP contribution in [0.5, 0.6) is 5.75 Å². The first kappa shape index (κ1) is 14.0. The monoisotopic (exact) mass is 309 g/mol. The SMILES string of the molecule is CC(C)Oc1ccc2[nH]nc(-c3cc(N4CCC4)ncn3)c2c1. The molecule has 1 fully saturated rings. The number of benzene rings is 1. The van der Waals surface area contributed by atoms with Gasteiger partial charge in [-0.3, -0.25) is 5.10 Å². The number of aromatic amines is 1. The number of nitrogens with zero attached hydrogens (tertiary/aromatic N) is 4. The van der Waals surface area contributed by atoms with Crippen molar-refractivity contribution < 1.29 is 4.74 Å². The quantitative estimate of drug-likeness (QED) is 0.802. The molecule has 3 aromatic rings. The molecule has 0 radical (unpaired) electrons. The van der Waals surface area contributed by atoms with Crippen LogP contribution in [-0.2, 0) is 0 Å². The van der Waals surface area contributed by atoms with Crippen LogP contribution in [0.25, 0.3) is 22.3 Å². The van der Waals surface area contributed by atoms with Gasteiger partial charge in [0.15, 0.2) is 0 Å². The maximum atomic E-state index is 5.79. The number of nitrogens with one attached hydrogen (secondary N) is 1. The van der Waals surface area contributed by atoms with E-state index in [1.165, 1.54) is 6.42 Å². The molecule has 0 bridgehead atoms. The summed E-state index contributed by atoms with van der Waals surface area (Å²) < 4.78 is 5.79. The Labute approximate surface area is 134 Å². The number of hydrogen-bond acceptors (Lipinski definition) is 5. The summed E-state index contributed by atoms with van der Waals surface area (Å²) in [6.07, 6.45) is 2.97. The zero-order valence-electron chi connectivity index (χ0n) is 13.3. The lowest BCUT2D eigenvalue weighted by Gasteiger charge is -2.31. The Bertz CT molecular complexity index is 838. The van der Waals surface area contributed by atoms with Crippen LogP contribution in [0.4, 0.5) is 5.82 Å². The standard InChI is InChI=1S/C17H19N5O/c1-11(2)23-12-4-5-14-13(8-12)17(21-20-14)15-9-16(19-10-18-15)22-6-3-7-22/h4-5,8-11H,3,6-7H2,1-2H3,(H,20,21). The molecule has 23 heavy (non-hydrogen) atoms. The minimum Gasteiger partial charge on any atom is -0.491 e. The summed E-state index contributed by atoms with van der Waals surface area (Å²) >= 11 is 0. The molecule has 0 aliphatic carbocycles. The summed E-state index contributed by atoms with van der Waals surface area (Å²) in [5.74, 6) is 1.80. The molecule has 1 aromatic carbocycles. The summed E-state index contributed by atoms with van der Waals surface area (Å²) in [6.45, 7) is 6.16. The lowest BCUT2D eigenvalue weighted by molar-refractivity contribution is 0.243. The maximum absolute atomic E-state index is 5.79. The molecule has 1 aliphatic rings. The van der Waals surface area contributed by atoms with Gasteiger partial charge >= 0.3 is 0 Å². The van der Waals surface area contributed by atoms with E-state index in [9.17, 15) is 0 Å². The van der Waals surface area contributed by atoms with E-state index >= 15 is 0 Å². The first-order valence-corrected chi connectivity index (χ1v) is 7.93. The molecule has 0 atom stereocenters. The smallest absolute Gasteiger partial charge is 0.132 e. The van der Waals surface area contributed by atoms with Gasteiger partial charge in [-0.2, -0.15) is 5.10 Å². The highest BCUT2D eigenvalue weighted by Crippen LogP contribution is 2.30. The van der Waals surface area contributed by atoms with E-state index < -0.39 is 0 Å². The highest BCUT2D eigenvalue weighted by Gasteiger charge is 2.18. The Morgan fingerprint density at radius 2 is 2.04 bits per heavy atom. The molecular weight excluding hydrogens is 290 g/mol. The first-order chi connectivity index (χ1) is 11.2. The number of hydrogen-bond donors (Lipinski definition) is 1. The number of ether oxygens (including phenoxy) is 1. The molecular formula is C17H19N5O. The van der Waals surface area contributed by atoms with Gasteiger partial charge in [-0.15, -0.1) is 0 Å². The Morgan fingerprint density at radius 1 is 1.17 bits per heavy atom. The number of rotatable bonds is 4. The lowest BCUT2D eigenvalue weighted by atomic mass is 10.1. The molecule has 3 heterocycles. The third kappa shape index (κ3) is 2.60. The normalized spacial score (nSPS) is 14.3. The maximum Gasteiger partial charge on any atom is 0.132 e. The zero-order chi connectivity index (χ0) is 15.8. The fourth-order valence-corrected chi connectivity index (χ4v) is 2.73. The number of aromatic nitrogens is 4. The number of anilines is 1. The second-order valence-electron chi connectivity index (χ2n) is 6.05. The van der Waals surface area contributed by atoms with Gasteiger partial charge in [0.1, 0.15) is 23.6 Å². The molecule has 0 unspecified atom stereocenters. The van der Waals surface area contributed by atoms with Gasteiger partial charge in [0.05, 0.1) is 17.3 Å². The fourth-order valence-electron chi connectivity index (χ4n) is 2.73. The fraction of sp³-hybridized carbons (Fsp3) is 0.353. The molecule has 118 valence electrons. The van der Waals surface area contributed by atoms with Crippen LogP contribution in [0.3, 0.4) is 0 Å². The van der Waals surface area contributed by atoms with Gasteiger partial charge in [0.2, 0.25) is 0 Å². The van der Waals surface area contributed by atoms with Crippen molar-refractivity contribution in [1.82, 2.24) is 20.2 Å². The minimum atomic E-state index is 0.139. The van der Waals surface area contributed by atoms with E-state index in [-0.39, 0.29) is 6.10 Å². The first-order valence-electron chi connectivity index (χ1n) is 7.93. The summed E-state index contributed by atoms with van der Waals surface area (Å²) in [4.78, 5) is 11.0. The average Bonchev–Trinajstić information content (AvgIpc) is 2.88.